The van der Waals surface area contributed by atoms with Crippen molar-refractivity contribution in [3.8, 4) is 0 Å². The lowest BCUT2D eigenvalue weighted by atomic mass is 9.92. The van der Waals surface area contributed by atoms with Crippen molar-refractivity contribution in [2.45, 2.75) is 64.3 Å². The van der Waals surface area contributed by atoms with E-state index >= 15 is 0 Å². The Kier molecular flexibility index (Phi) is 7.78. The van der Waals surface area contributed by atoms with Crippen molar-refractivity contribution in [2.24, 2.45) is 11.7 Å². The first-order chi connectivity index (χ1) is 5.83. The second-order valence-electron chi connectivity index (χ2n) is 4.26. The highest BCUT2D eigenvalue weighted by Crippen LogP contribution is 2.26. The maximum atomic E-state index is 5.95. The summed E-state index contributed by atoms with van der Waals surface area (Å²) < 4.78 is 0. The Bertz CT molecular complexity index is 109. The van der Waals surface area contributed by atoms with Gasteiger partial charge in [-0.3, -0.25) is 0 Å². The summed E-state index contributed by atoms with van der Waals surface area (Å²) in [6.45, 7) is 2.20. The maximum absolute atomic E-state index is 5.95. The summed E-state index contributed by atoms with van der Waals surface area (Å²) in [6.07, 6.45) is 11.1. The van der Waals surface area contributed by atoms with Crippen molar-refractivity contribution in [2.75, 3.05) is 0 Å². The van der Waals surface area contributed by atoms with E-state index in [1.54, 1.807) is 0 Å². The van der Waals surface area contributed by atoms with Gasteiger partial charge < -0.3 is 5.73 Å². The molecule has 1 aliphatic rings. The predicted molar refractivity (Wildman–Crippen MR) is 61.3 cm³/mol. The molecule has 1 atom stereocenters. The Morgan fingerprint density at radius 1 is 1.15 bits per heavy atom. The Morgan fingerprint density at radius 2 is 1.69 bits per heavy atom. The fraction of sp³-hybridized carbons (Fsp3) is 1.00. The monoisotopic (exact) mass is 205 g/mol. The van der Waals surface area contributed by atoms with Crippen molar-refractivity contribution < 1.29 is 0 Å². The van der Waals surface area contributed by atoms with E-state index in [0.29, 0.717) is 6.04 Å². The van der Waals surface area contributed by atoms with Crippen LogP contribution in [0.3, 0.4) is 0 Å². The zero-order chi connectivity index (χ0) is 8.81. The van der Waals surface area contributed by atoms with Crippen molar-refractivity contribution in [1.82, 2.24) is 0 Å². The highest BCUT2D eigenvalue weighted by Gasteiger charge is 2.14. The number of hydrogen-bond donors (Lipinski definition) is 1. The summed E-state index contributed by atoms with van der Waals surface area (Å²) in [5.41, 5.74) is 5.95. The zero-order valence-corrected chi connectivity index (χ0v) is 9.61. The van der Waals surface area contributed by atoms with Gasteiger partial charge in [0.25, 0.3) is 0 Å². The zero-order valence-electron chi connectivity index (χ0n) is 8.80. The van der Waals surface area contributed by atoms with Crippen LogP contribution in [0.2, 0.25) is 0 Å². The van der Waals surface area contributed by atoms with Gasteiger partial charge >= 0.3 is 0 Å². The quantitative estimate of drug-likeness (QED) is 0.702. The van der Waals surface area contributed by atoms with Gasteiger partial charge in [0.1, 0.15) is 0 Å². The van der Waals surface area contributed by atoms with Crippen molar-refractivity contribution >= 4 is 12.4 Å². The van der Waals surface area contributed by atoms with Crippen LogP contribution in [0.1, 0.15) is 58.3 Å². The van der Waals surface area contributed by atoms with Gasteiger partial charge in [-0.05, 0) is 18.8 Å². The van der Waals surface area contributed by atoms with E-state index in [4.69, 9.17) is 5.73 Å². The van der Waals surface area contributed by atoms with Gasteiger partial charge in [-0.2, -0.15) is 0 Å². The number of halogens is 1. The summed E-state index contributed by atoms with van der Waals surface area (Å²) >= 11 is 0. The molecule has 1 fully saturated rings. The molecule has 0 spiro atoms. The molecular weight excluding hydrogens is 182 g/mol. The first kappa shape index (κ1) is 13.2. The smallest absolute Gasteiger partial charge is 0.00388 e. The Balaban J connectivity index is 0.00000144. The van der Waals surface area contributed by atoms with Crippen molar-refractivity contribution in [1.29, 1.82) is 0 Å². The highest BCUT2D eigenvalue weighted by atomic mass is 35.5. The van der Waals surface area contributed by atoms with Crippen LogP contribution in [-0.2, 0) is 0 Å². The van der Waals surface area contributed by atoms with E-state index < -0.39 is 0 Å². The van der Waals surface area contributed by atoms with E-state index in [0.717, 1.165) is 12.3 Å². The third kappa shape index (κ3) is 5.53. The van der Waals surface area contributed by atoms with E-state index in [1.807, 2.05) is 0 Å². The molecule has 1 saturated carbocycles. The minimum absolute atomic E-state index is 0. The summed E-state index contributed by atoms with van der Waals surface area (Å²) in [4.78, 5) is 0. The van der Waals surface area contributed by atoms with E-state index in [-0.39, 0.29) is 12.4 Å². The number of nitrogens with two attached hydrogens (primary N) is 1. The van der Waals surface area contributed by atoms with Gasteiger partial charge in [0.2, 0.25) is 0 Å². The molecule has 13 heavy (non-hydrogen) atoms. The molecule has 0 heterocycles. The summed E-state index contributed by atoms with van der Waals surface area (Å²) in [5.74, 6) is 0.947. The van der Waals surface area contributed by atoms with Gasteiger partial charge in [0.15, 0.2) is 0 Å². The van der Waals surface area contributed by atoms with Gasteiger partial charge in [0.05, 0.1) is 0 Å². The molecule has 80 valence electrons. The summed E-state index contributed by atoms with van der Waals surface area (Å²) in [5, 5.41) is 0. The fourth-order valence-electron chi connectivity index (χ4n) is 2.19. The SMILES string of the molecule is CCC(N)CC1CCCCCC1.Cl. The fourth-order valence-corrected chi connectivity index (χ4v) is 2.19. The van der Waals surface area contributed by atoms with Crippen LogP contribution in [0.5, 0.6) is 0 Å². The lowest BCUT2D eigenvalue weighted by Crippen LogP contribution is -2.22. The lowest BCUT2D eigenvalue weighted by Gasteiger charge is -2.17. The Morgan fingerprint density at radius 3 is 2.15 bits per heavy atom. The topological polar surface area (TPSA) is 26.0 Å². The third-order valence-electron chi connectivity index (χ3n) is 3.14. The predicted octanol–water partition coefficient (Wildman–Crippen LogP) is 3.51. The van der Waals surface area contributed by atoms with Crippen LogP contribution >= 0.6 is 12.4 Å². The molecule has 0 saturated heterocycles. The first-order valence-electron chi connectivity index (χ1n) is 5.58. The first-order valence-corrected chi connectivity index (χ1v) is 5.58. The Labute approximate surface area is 88.9 Å². The third-order valence-corrected chi connectivity index (χ3v) is 3.14. The van der Waals surface area contributed by atoms with E-state index in [2.05, 4.69) is 6.92 Å². The van der Waals surface area contributed by atoms with Gasteiger partial charge in [-0.25, -0.2) is 0 Å². The molecule has 0 bridgehead atoms. The molecule has 1 aliphatic carbocycles. The molecule has 0 aromatic rings. The molecule has 0 radical (unpaired) electrons. The van der Waals surface area contributed by atoms with Crippen LogP contribution in [0.25, 0.3) is 0 Å². The van der Waals surface area contributed by atoms with Crippen LogP contribution in [-0.4, -0.2) is 6.04 Å². The van der Waals surface area contributed by atoms with Gasteiger partial charge in [-0.1, -0.05) is 45.4 Å². The standard InChI is InChI=1S/C11H23N.ClH/c1-2-11(12)9-10-7-5-3-4-6-8-10;/h10-11H,2-9,12H2,1H3;1H. The molecule has 0 aromatic heterocycles. The van der Waals surface area contributed by atoms with Crippen LogP contribution in [0.4, 0.5) is 0 Å². The molecule has 0 aliphatic heterocycles. The summed E-state index contributed by atoms with van der Waals surface area (Å²) in [6, 6.07) is 0.466. The van der Waals surface area contributed by atoms with Gasteiger partial charge in [-0.15, -0.1) is 12.4 Å². The molecule has 0 amide bonds. The van der Waals surface area contributed by atoms with Gasteiger partial charge in [0, 0.05) is 6.04 Å². The lowest BCUT2D eigenvalue weighted by molar-refractivity contribution is 0.384. The Hall–Kier alpha value is 0.250. The minimum Gasteiger partial charge on any atom is -0.328 e. The van der Waals surface area contributed by atoms with Crippen molar-refractivity contribution in [3.05, 3.63) is 0 Å². The second-order valence-corrected chi connectivity index (χ2v) is 4.26. The molecule has 1 rings (SSSR count). The van der Waals surface area contributed by atoms with E-state index in [1.165, 1.54) is 44.9 Å². The summed E-state index contributed by atoms with van der Waals surface area (Å²) in [7, 11) is 0. The molecule has 1 unspecified atom stereocenters. The van der Waals surface area contributed by atoms with Crippen LogP contribution in [0, 0.1) is 5.92 Å². The molecular formula is C11H24ClN. The largest absolute Gasteiger partial charge is 0.328 e. The molecule has 2 N–H and O–H groups in total. The second kappa shape index (κ2) is 7.64. The molecule has 0 aromatic carbocycles. The van der Waals surface area contributed by atoms with Crippen LogP contribution in [0.15, 0.2) is 0 Å². The normalized spacial score (nSPS) is 21.7. The van der Waals surface area contributed by atoms with E-state index in [9.17, 15) is 0 Å². The highest BCUT2D eigenvalue weighted by molar-refractivity contribution is 5.85. The average Bonchev–Trinajstić information content (AvgIpc) is 2.33. The number of rotatable bonds is 3. The minimum atomic E-state index is 0. The van der Waals surface area contributed by atoms with Crippen LogP contribution < -0.4 is 5.73 Å². The molecule has 2 heteroatoms. The average molecular weight is 206 g/mol. The number of hydrogen-bond acceptors (Lipinski definition) is 1. The molecule has 1 nitrogen and oxygen atoms in total. The van der Waals surface area contributed by atoms with Crippen molar-refractivity contribution in [3.63, 3.8) is 0 Å². The maximum Gasteiger partial charge on any atom is 0.00388 e.